The summed E-state index contributed by atoms with van der Waals surface area (Å²) >= 11 is 0. The molecule has 0 fully saturated rings. The standard InChI is InChI=1S/C23H17N5O2.C2H7NO/c29-22(27-20-3-9-25-10-4-20)18-13-17(16-1-7-24-8-2-16)14-19(15-18)23(30)28-21-5-11-26-12-6-21;1-2(3)4/h1-15H,(H,25,27,29)(H,26,28,30);2,4H,3H2,1H3. The first-order valence-electron chi connectivity index (χ1n) is 10.3. The minimum absolute atomic E-state index is 0.324. The molecule has 0 bridgehead atoms. The van der Waals surface area contributed by atoms with Gasteiger partial charge in [0.1, 0.15) is 0 Å². The summed E-state index contributed by atoms with van der Waals surface area (Å²) in [5, 5.41) is 13.5. The average molecular weight is 457 g/mol. The van der Waals surface area contributed by atoms with Crippen molar-refractivity contribution < 1.29 is 14.7 Å². The van der Waals surface area contributed by atoms with Gasteiger partial charge in [0, 0.05) is 59.7 Å². The number of hydrogen-bond acceptors (Lipinski definition) is 7. The highest BCUT2D eigenvalue weighted by molar-refractivity contribution is 6.09. The lowest BCUT2D eigenvalue weighted by Gasteiger charge is -2.11. The predicted molar refractivity (Wildman–Crippen MR) is 130 cm³/mol. The van der Waals surface area contributed by atoms with Gasteiger partial charge in [-0.3, -0.25) is 24.5 Å². The lowest BCUT2D eigenvalue weighted by Crippen LogP contribution is -2.16. The Morgan fingerprint density at radius 1 is 0.706 bits per heavy atom. The Hall–Kier alpha value is -4.47. The first-order valence-corrected chi connectivity index (χ1v) is 10.3. The van der Waals surface area contributed by atoms with Gasteiger partial charge in [0.05, 0.1) is 6.23 Å². The molecule has 3 aromatic heterocycles. The number of anilines is 2. The molecule has 4 aromatic rings. The number of carbonyl (C=O) groups excluding carboxylic acids is 2. The number of rotatable bonds is 5. The maximum Gasteiger partial charge on any atom is 0.255 e. The van der Waals surface area contributed by atoms with Gasteiger partial charge in [-0.05, 0) is 72.6 Å². The van der Waals surface area contributed by atoms with E-state index in [1.807, 2.05) is 12.1 Å². The molecule has 2 amide bonds. The number of nitrogens with zero attached hydrogens (tertiary/aromatic N) is 3. The summed E-state index contributed by atoms with van der Waals surface area (Å²) in [5.41, 5.74) is 8.21. The molecule has 0 aliphatic rings. The van der Waals surface area contributed by atoms with E-state index < -0.39 is 6.23 Å². The zero-order chi connectivity index (χ0) is 24.3. The summed E-state index contributed by atoms with van der Waals surface area (Å²) < 4.78 is 0. The molecule has 0 aliphatic carbocycles. The number of aliphatic hydroxyl groups is 1. The van der Waals surface area contributed by atoms with Crippen LogP contribution < -0.4 is 16.4 Å². The third-order valence-electron chi connectivity index (χ3n) is 4.35. The lowest BCUT2D eigenvalue weighted by molar-refractivity contribution is 0.102. The number of benzene rings is 1. The fraction of sp³-hybridized carbons (Fsp3) is 0.0800. The summed E-state index contributed by atoms with van der Waals surface area (Å²) in [6.07, 6.45) is 9.03. The van der Waals surface area contributed by atoms with Crippen LogP contribution in [0, 0.1) is 0 Å². The maximum atomic E-state index is 12.8. The van der Waals surface area contributed by atoms with Crippen LogP contribution in [-0.4, -0.2) is 38.1 Å². The Balaban J connectivity index is 0.000000751. The van der Waals surface area contributed by atoms with E-state index in [9.17, 15) is 9.59 Å². The quantitative estimate of drug-likeness (QED) is 0.337. The van der Waals surface area contributed by atoms with E-state index in [4.69, 9.17) is 5.11 Å². The SMILES string of the molecule is CC(N)O.O=C(Nc1ccncc1)c1cc(C(=O)Nc2ccncc2)cc(-c2ccncc2)c1. The smallest absolute Gasteiger partial charge is 0.255 e. The van der Waals surface area contributed by atoms with Crippen LogP contribution in [0.5, 0.6) is 0 Å². The molecule has 34 heavy (non-hydrogen) atoms. The van der Waals surface area contributed by atoms with Gasteiger partial charge in [0.25, 0.3) is 11.8 Å². The van der Waals surface area contributed by atoms with Crippen LogP contribution in [0.2, 0.25) is 0 Å². The van der Waals surface area contributed by atoms with Crippen molar-refractivity contribution >= 4 is 23.2 Å². The van der Waals surface area contributed by atoms with Crippen molar-refractivity contribution in [2.45, 2.75) is 13.2 Å². The van der Waals surface area contributed by atoms with Crippen molar-refractivity contribution in [3.8, 4) is 11.1 Å². The molecule has 1 unspecified atom stereocenters. The third-order valence-corrected chi connectivity index (χ3v) is 4.35. The second-order valence-electron chi connectivity index (χ2n) is 7.16. The topological polar surface area (TPSA) is 143 Å². The normalized spacial score (nSPS) is 10.9. The molecule has 5 N–H and O–H groups in total. The largest absolute Gasteiger partial charge is 0.379 e. The summed E-state index contributed by atoms with van der Waals surface area (Å²) in [4.78, 5) is 37.6. The van der Waals surface area contributed by atoms with Gasteiger partial charge in [0.2, 0.25) is 0 Å². The zero-order valence-electron chi connectivity index (χ0n) is 18.4. The Bertz CT molecular complexity index is 1140. The molecule has 172 valence electrons. The molecule has 4 rings (SSSR count). The van der Waals surface area contributed by atoms with Crippen LogP contribution >= 0.6 is 0 Å². The molecule has 1 atom stereocenters. The van der Waals surface area contributed by atoms with Gasteiger partial charge in [0.15, 0.2) is 0 Å². The van der Waals surface area contributed by atoms with Gasteiger partial charge in [-0.25, -0.2) is 0 Å². The van der Waals surface area contributed by atoms with Gasteiger partial charge in [-0.1, -0.05) is 0 Å². The van der Waals surface area contributed by atoms with E-state index in [1.165, 1.54) is 6.92 Å². The van der Waals surface area contributed by atoms with Crippen LogP contribution in [0.25, 0.3) is 11.1 Å². The van der Waals surface area contributed by atoms with Crippen LogP contribution in [0.1, 0.15) is 27.6 Å². The highest BCUT2D eigenvalue weighted by Crippen LogP contribution is 2.23. The molecule has 0 aliphatic heterocycles. The third kappa shape index (κ3) is 7.30. The van der Waals surface area contributed by atoms with Crippen molar-refractivity contribution in [3.63, 3.8) is 0 Å². The van der Waals surface area contributed by atoms with Crippen molar-refractivity contribution in [1.82, 2.24) is 15.0 Å². The first-order chi connectivity index (χ1) is 16.4. The second-order valence-corrected chi connectivity index (χ2v) is 7.16. The first kappa shape index (κ1) is 24.2. The fourth-order valence-corrected chi connectivity index (χ4v) is 2.88. The van der Waals surface area contributed by atoms with Gasteiger partial charge >= 0.3 is 0 Å². The van der Waals surface area contributed by atoms with Crippen molar-refractivity contribution in [2.75, 3.05) is 10.6 Å². The molecule has 9 heteroatoms. The average Bonchev–Trinajstić information content (AvgIpc) is 2.85. The Morgan fingerprint density at radius 3 is 1.44 bits per heavy atom. The number of aliphatic hydroxyl groups excluding tert-OH is 1. The summed E-state index contributed by atoms with van der Waals surface area (Å²) in [7, 11) is 0. The highest BCUT2D eigenvalue weighted by atomic mass is 16.3. The van der Waals surface area contributed by atoms with Crippen LogP contribution in [0.3, 0.4) is 0 Å². The summed E-state index contributed by atoms with van der Waals surface area (Å²) in [6.45, 7) is 1.50. The molecule has 1 aromatic carbocycles. The summed E-state index contributed by atoms with van der Waals surface area (Å²) in [5.74, 6) is -0.648. The van der Waals surface area contributed by atoms with Gasteiger partial charge in [-0.15, -0.1) is 0 Å². The number of amides is 2. The Morgan fingerprint density at radius 2 is 1.06 bits per heavy atom. The van der Waals surface area contributed by atoms with E-state index in [0.29, 0.717) is 22.5 Å². The highest BCUT2D eigenvalue weighted by Gasteiger charge is 2.15. The fourth-order valence-electron chi connectivity index (χ4n) is 2.88. The monoisotopic (exact) mass is 456 g/mol. The number of aromatic nitrogens is 3. The molecule has 0 radical (unpaired) electrons. The van der Waals surface area contributed by atoms with Crippen LogP contribution in [0.15, 0.2) is 91.8 Å². The number of hydrogen-bond donors (Lipinski definition) is 4. The minimum atomic E-state index is -0.667. The van der Waals surface area contributed by atoms with E-state index in [-0.39, 0.29) is 11.8 Å². The predicted octanol–water partition coefficient (Wildman–Crippen LogP) is 3.33. The molecule has 9 nitrogen and oxygen atoms in total. The Kier molecular flexibility index (Phi) is 8.50. The minimum Gasteiger partial charge on any atom is -0.379 e. The number of nitrogens with one attached hydrogen (secondary N) is 2. The van der Waals surface area contributed by atoms with Gasteiger partial charge < -0.3 is 21.5 Å². The molecule has 0 spiro atoms. The molecule has 0 saturated heterocycles. The molecular formula is C25H24N6O3. The van der Waals surface area contributed by atoms with Crippen LogP contribution in [-0.2, 0) is 0 Å². The molecular weight excluding hydrogens is 432 g/mol. The van der Waals surface area contributed by atoms with E-state index in [2.05, 4.69) is 31.3 Å². The van der Waals surface area contributed by atoms with E-state index >= 15 is 0 Å². The van der Waals surface area contributed by atoms with Crippen molar-refractivity contribution in [2.24, 2.45) is 5.73 Å². The summed E-state index contributed by atoms with van der Waals surface area (Å²) in [6, 6.07) is 15.5. The lowest BCUT2D eigenvalue weighted by atomic mass is 9.99. The number of nitrogens with two attached hydrogens (primary N) is 1. The van der Waals surface area contributed by atoms with E-state index in [1.54, 1.807) is 79.6 Å². The zero-order valence-corrected chi connectivity index (χ0v) is 18.4. The Labute approximate surface area is 196 Å². The van der Waals surface area contributed by atoms with Crippen molar-refractivity contribution in [3.05, 3.63) is 103 Å². The van der Waals surface area contributed by atoms with Gasteiger partial charge in [-0.2, -0.15) is 0 Å². The van der Waals surface area contributed by atoms with E-state index in [0.717, 1.165) is 11.1 Å². The molecule has 0 saturated carbocycles. The number of pyridine rings is 3. The molecule has 3 heterocycles. The second kappa shape index (κ2) is 12.0. The van der Waals surface area contributed by atoms with Crippen LogP contribution in [0.4, 0.5) is 11.4 Å². The maximum absolute atomic E-state index is 12.8. The van der Waals surface area contributed by atoms with Crippen molar-refractivity contribution in [1.29, 1.82) is 0 Å². The number of carbonyl (C=O) groups is 2.